The molecule has 4 rings (SSSR count). The average Bonchev–Trinajstić information content (AvgIpc) is 3.31. The number of carboxylic acid groups (broad SMARTS) is 1. The van der Waals surface area contributed by atoms with Crippen LogP contribution in [-0.2, 0) is 17.8 Å². The number of nitrogens with zero attached hydrogens (tertiary/aromatic N) is 3. The van der Waals surface area contributed by atoms with Crippen LogP contribution in [0.5, 0.6) is 5.75 Å². The first-order valence-corrected chi connectivity index (χ1v) is 15.3. The molecule has 0 saturated heterocycles. The second-order valence-electron chi connectivity index (χ2n) is 9.41. The van der Waals surface area contributed by atoms with Crippen molar-refractivity contribution in [1.29, 1.82) is 0 Å². The number of aliphatic carboxylic acids is 1. The van der Waals surface area contributed by atoms with Gasteiger partial charge in [-0.3, -0.25) is 4.79 Å². The smallest absolute Gasteiger partial charge is 0.307 e. The lowest BCUT2D eigenvalue weighted by molar-refractivity contribution is -0.136. The molecule has 0 aliphatic heterocycles. The van der Waals surface area contributed by atoms with Gasteiger partial charge in [0.1, 0.15) is 23.7 Å². The first kappa shape index (κ1) is 28.0. The van der Waals surface area contributed by atoms with Gasteiger partial charge in [-0.1, -0.05) is 67.4 Å². The van der Waals surface area contributed by atoms with Gasteiger partial charge in [0.25, 0.3) is 0 Å². The minimum absolute atomic E-state index is 0.0169. The number of rotatable bonds is 10. The Kier molecular flexibility index (Phi) is 8.71. The SMILES string of the molecule is CCS(C)(c1ccc(OCc2c(C(C)C)nnn2-c2c(Cl)cccc2Cl)cc1)c1cccc(CC(=O)O)c1. The number of carboxylic acids is 1. The van der Waals surface area contributed by atoms with Crippen molar-refractivity contribution in [3.8, 4) is 11.4 Å². The summed E-state index contributed by atoms with van der Waals surface area (Å²) in [4.78, 5) is 13.6. The molecule has 1 unspecified atom stereocenters. The summed E-state index contributed by atoms with van der Waals surface area (Å²) in [7, 11) is -1.34. The van der Waals surface area contributed by atoms with E-state index < -0.39 is 16.0 Å². The zero-order chi connectivity index (χ0) is 27.4. The third-order valence-electron chi connectivity index (χ3n) is 6.56. The van der Waals surface area contributed by atoms with E-state index in [1.807, 2.05) is 30.3 Å². The predicted molar refractivity (Wildman–Crippen MR) is 155 cm³/mol. The highest BCUT2D eigenvalue weighted by molar-refractivity contribution is 8.33. The molecule has 0 saturated carbocycles. The third kappa shape index (κ3) is 5.85. The van der Waals surface area contributed by atoms with E-state index in [1.54, 1.807) is 22.9 Å². The summed E-state index contributed by atoms with van der Waals surface area (Å²) in [6, 6.07) is 21.4. The van der Waals surface area contributed by atoms with Crippen molar-refractivity contribution >= 4 is 39.2 Å². The topological polar surface area (TPSA) is 77.2 Å². The molecule has 0 fully saturated rings. The van der Waals surface area contributed by atoms with E-state index in [0.29, 0.717) is 15.7 Å². The van der Waals surface area contributed by atoms with Crippen molar-refractivity contribution in [3.05, 3.63) is 93.7 Å². The van der Waals surface area contributed by atoms with Crippen LogP contribution in [0.4, 0.5) is 0 Å². The summed E-state index contributed by atoms with van der Waals surface area (Å²) < 4.78 is 7.87. The Hall–Kier alpha value is -3.00. The maximum atomic E-state index is 11.2. The zero-order valence-corrected chi connectivity index (χ0v) is 24.1. The molecule has 0 spiro atoms. The Morgan fingerprint density at radius 3 is 2.29 bits per heavy atom. The van der Waals surface area contributed by atoms with Crippen LogP contribution in [0, 0.1) is 0 Å². The number of ether oxygens (including phenoxy) is 1. The van der Waals surface area contributed by atoms with Gasteiger partial charge in [0.05, 0.1) is 22.2 Å². The lowest BCUT2D eigenvalue weighted by Crippen LogP contribution is -2.09. The number of aromatic nitrogens is 3. The van der Waals surface area contributed by atoms with Gasteiger partial charge in [0.2, 0.25) is 0 Å². The molecule has 0 aliphatic rings. The van der Waals surface area contributed by atoms with Crippen LogP contribution >= 0.6 is 33.2 Å². The van der Waals surface area contributed by atoms with Gasteiger partial charge in [-0.05, 0) is 81.8 Å². The molecule has 1 aromatic heterocycles. The fourth-order valence-corrected chi connectivity index (χ4v) is 7.36. The van der Waals surface area contributed by atoms with Gasteiger partial charge in [-0.25, -0.2) is 4.68 Å². The van der Waals surface area contributed by atoms with E-state index in [-0.39, 0.29) is 18.9 Å². The molecule has 1 heterocycles. The van der Waals surface area contributed by atoms with Gasteiger partial charge < -0.3 is 9.84 Å². The summed E-state index contributed by atoms with van der Waals surface area (Å²) in [5, 5.41) is 18.9. The second kappa shape index (κ2) is 11.8. The lowest BCUT2D eigenvalue weighted by atomic mass is 10.1. The predicted octanol–water partition coefficient (Wildman–Crippen LogP) is 7.78. The first-order valence-electron chi connectivity index (χ1n) is 12.3. The maximum Gasteiger partial charge on any atom is 0.307 e. The quantitative estimate of drug-likeness (QED) is 0.210. The molecule has 3 aromatic carbocycles. The Morgan fingerprint density at radius 2 is 1.68 bits per heavy atom. The molecule has 1 atom stereocenters. The van der Waals surface area contributed by atoms with Gasteiger partial charge >= 0.3 is 5.97 Å². The number of benzene rings is 3. The van der Waals surface area contributed by atoms with Crippen LogP contribution in [0.1, 0.15) is 43.6 Å². The van der Waals surface area contributed by atoms with Crippen molar-refractivity contribution < 1.29 is 14.6 Å². The number of halogens is 2. The van der Waals surface area contributed by atoms with Crippen molar-refractivity contribution in [2.75, 3.05) is 12.0 Å². The third-order valence-corrected chi connectivity index (χ3v) is 10.9. The fraction of sp³-hybridized carbons (Fsp3) is 0.276. The molecule has 0 bridgehead atoms. The molecule has 0 radical (unpaired) electrons. The first-order chi connectivity index (χ1) is 18.1. The van der Waals surface area contributed by atoms with E-state index in [2.05, 4.69) is 55.5 Å². The summed E-state index contributed by atoms with van der Waals surface area (Å²) in [6.07, 6.45) is 2.28. The Morgan fingerprint density at radius 1 is 1.03 bits per heavy atom. The summed E-state index contributed by atoms with van der Waals surface area (Å²) in [6.45, 7) is 6.53. The summed E-state index contributed by atoms with van der Waals surface area (Å²) in [5.74, 6) is 0.965. The molecule has 9 heteroatoms. The Balaban J connectivity index is 1.59. The van der Waals surface area contributed by atoms with E-state index in [1.165, 1.54) is 9.79 Å². The molecular weight excluding hydrogens is 541 g/mol. The maximum absolute atomic E-state index is 11.2. The Bertz CT molecular complexity index is 1420. The summed E-state index contributed by atoms with van der Waals surface area (Å²) >= 11 is 12.9. The van der Waals surface area contributed by atoms with Gasteiger partial charge in [-0.15, -0.1) is 5.10 Å². The van der Waals surface area contributed by atoms with Crippen LogP contribution in [0.25, 0.3) is 5.69 Å². The van der Waals surface area contributed by atoms with Crippen molar-refractivity contribution in [3.63, 3.8) is 0 Å². The van der Waals surface area contributed by atoms with E-state index in [0.717, 1.165) is 28.5 Å². The lowest BCUT2D eigenvalue weighted by Gasteiger charge is -2.36. The van der Waals surface area contributed by atoms with Crippen LogP contribution in [-0.4, -0.2) is 38.1 Å². The van der Waals surface area contributed by atoms with Crippen molar-refractivity contribution in [2.45, 2.75) is 49.5 Å². The largest absolute Gasteiger partial charge is 0.487 e. The average molecular weight is 573 g/mol. The van der Waals surface area contributed by atoms with Gasteiger partial charge in [0, 0.05) is 0 Å². The van der Waals surface area contributed by atoms with E-state index in [9.17, 15) is 9.90 Å². The molecule has 0 amide bonds. The second-order valence-corrected chi connectivity index (χ2v) is 13.9. The highest BCUT2D eigenvalue weighted by Crippen LogP contribution is 2.59. The molecular formula is C29H31Cl2N3O3S. The molecule has 38 heavy (non-hydrogen) atoms. The van der Waals surface area contributed by atoms with Crippen molar-refractivity contribution in [1.82, 2.24) is 15.0 Å². The molecule has 200 valence electrons. The molecule has 4 aromatic rings. The number of hydrogen-bond donors (Lipinski definition) is 1. The highest BCUT2D eigenvalue weighted by atomic mass is 35.5. The van der Waals surface area contributed by atoms with Crippen molar-refractivity contribution in [2.24, 2.45) is 0 Å². The minimum Gasteiger partial charge on any atom is -0.487 e. The Labute approximate surface area is 234 Å². The monoisotopic (exact) mass is 571 g/mol. The number of para-hydroxylation sites is 1. The minimum atomic E-state index is -1.34. The van der Waals surface area contributed by atoms with E-state index in [4.69, 9.17) is 27.9 Å². The van der Waals surface area contributed by atoms with Crippen LogP contribution < -0.4 is 4.74 Å². The highest BCUT2D eigenvalue weighted by Gasteiger charge is 2.23. The molecule has 0 aliphatic carbocycles. The molecule has 1 N–H and O–H groups in total. The standard InChI is InChI=1S/C29H31Cl2N3O3S/c1-5-38(4,23-9-6-8-20(16-23)17-27(35)36)22-14-12-21(13-15-22)37-18-26-28(19(2)3)32-33-34(26)29-24(30)10-7-11-25(29)31/h6-16,19H,5,17-18H2,1-4H3,(H,35,36). The van der Waals surface area contributed by atoms with Crippen LogP contribution in [0.2, 0.25) is 10.0 Å². The molecule has 6 nitrogen and oxygen atoms in total. The fourth-order valence-electron chi connectivity index (χ4n) is 4.34. The van der Waals surface area contributed by atoms with E-state index >= 15 is 0 Å². The van der Waals surface area contributed by atoms with Gasteiger partial charge in [-0.2, -0.15) is 10.0 Å². The zero-order valence-electron chi connectivity index (χ0n) is 21.8. The number of hydrogen-bond acceptors (Lipinski definition) is 4. The van der Waals surface area contributed by atoms with Crippen LogP contribution in [0.15, 0.2) is 76.5 Å². The van der Waals surface area contributed by atoms with Crippen LogP contribution in [0.3, 0.4) is 0 Å². The number of carbonyl (C=O) groups is 1. The van der Waals surface area contributed by atoms with Gasteiger partial charge in [0.15, 0.2) is 0 Å². The normalized spacial score (nSPS) is 13.8. The summed E-state index contributed by atoms with van der Waals surface area (Å²) in [5.41, 5.74) is 3.00.